The lowest BCUT2D eigenvalue weighted by molar-refractivity contribution is 0.0574. The van der Waals surface area contributed by atoms with Crippen LogP contribution in [0.5, 0.6) is 0 Å². The molecule has 6 rings (SSSR count). The van der Waals surface area contributed by atoms with E-state index in [9.17, 15) is 18.0 Å². The van der Waals surface area contributed by atoms with Crippen LogP contribution in [-0.4, -0.2) is 58.6 Å². The van der Waals surface area contributed by atoms with E-state index < -0.39 is 39.4 Å². The van der Waals surface area contributed by atoms with Gasteiger partial charge >= 0.3 is 6.09 Å². The summed E-state index contributed by atoms with van der Waals surface area (Å²) < 4.78 is 34.4. The van der Waals surface area contributed by atoms with Crippen LogP contribution in [0.15, 0.2) is 108 Å². The van der Waals surface area contributed by atoms with Crippen LogP contribution in [0.25, 0.3) is 0 Å². The van der Waals surface area contributed by atoms with Gasteiger partial charge in [-0.25, -0.2) is 13.2 Å². The average Bonchev–Trinajstić information content (AvgIpc) is 3.71. The van der Waals surface area contributed by atoms with E-state index in [1.807, 2.05) is 67.6 Å². The van der Waals surface area contributed by atoms with Crippen LogP contribution in [0.4, 0.5) is 4.79 Å². The molecular weight excluding hydrogens is 538 g/mol. The first kappa shape index (κ1) is 26.8. The van der Waals surface area contributed by atoms with Gasteiger partial charge in [-0.15, -0.1) is 0 Å². The minimum absolute atomic E-state index is 0.0892. The molecule has 2 heterocycles. The third kappa shape index (κ3) is 5.13. The molecule has 1 aliphatic heterocycles. The van der Waals surface area contributed by atoms with Gasteiger partial charge in [0.15, 0.2) is 9.84 Å². The third-order valence-electron chi connectivity index (χ3n) is 8.01. The van der Waals surface area contributed by atoms with Crippen molar-refractivity contribution in [2.75, 3.05) is 0 Å². The van der Waals surface area contributed by atoms with E-state index in [1.54, 1.807) is 52.4 Å². The number of fused-ring (bicyclic) bond motifs is 1. The van der Waals surface area contributed by atoms with Crippen LogP contribution < -0.4 is 0 Å². The third-order valence-corrected chi connectivity index (χ3v) is 10.2. The Morgan fingerprint density at radius 3 is 2.22 bits per heavy atom. The predicted molar refractivity (Wildman–Crippen MR) is 154 cm³/mol. The molecule has 3 aromatic carbocycles. The molecule has 0 bridgehead atoms. The smallest absolute Gasteiger partial charge is 0.410 e. The number of amides is 2. The molecule has 2 aliphatic rings. The molecule has 1 saturated heterocycles. The fourth-order valence-corrected chi connectivity index (χ4v) is 8.01. The number of ether oxygens (including phenoxy) is 1. The molecule has 4 atom stereocenters. The molecule has 9 heteroatoms. The van der Waals surface area contributed by atoms with Gasteiger partial charge in [-0.3, -0.25) is 9.69 Å². The molecule has 0 spiro atoms. The molecule has 1 saturated carbocycles. The van der Waals surface area contributed by atoms with Gasteiger partial charge in [0.1, 0.15) is 11.8 Å². The van der Waals surface area contributed by atoms with E-state index in [-0.39, 0.29) is 30.3 Å². The van der Waals surface area contributed by atoms with Crippen molar-refractivity contribution in [3.05, 3.63) is 126 Å². The first-order chi connectivity index (χ1) is 19.8. The SMILES string of the molecule is Cc1ccc(S(=O)(=O)[C@H]2C[C@H]3OC(=O)N(Cc4ccccc4)[C@H]3[C@@H]2N(Cc2ccccc2)C(=O)c2ccc[nH]2)cc1. The maximum absolute atomic E-state index is 14.3. The summed E-state index contributed by atoms with van der Waals surface area (Å²) >= 11 is 0. The fraction of sp³-hybridized carbons (Fsp3) is 0.250. The van der Waals surface area contributed by atoms with E-state index in [2.05, 4.69) is 4.98 Å². The molecule has 1 aliphatic carbocycles. The van der Waals surface area contributed by atoms with Crippen molar-refractivity contribution in [2.45, 2.75) is 54.8 Å². The van der Waals surface area contributed by atoms with Gasteiger partial charge in [-0.05, 0) is 42.3 Å². The lowest BCUT2D eigenvalue weighted by atomic mass is 10.0. The van der Waals surface area contributed by atoms with E-state index in [0.29, 0.717) is 5.69 Å². The number of sulfone groups is 1. The number of nitrogens with one attached hydrogen (secondary N) is 1. The molecular formula is C32H31N3O5S. The molecule has 41 heavy (non-hydrogen) atoms. The number of carbonyl (C=O) groups excluding carboxylic acids is 2. The van der Waals surface area contributed by atoms with Crippen LogP contribution >= 0.6 is 0 Å². The highest BCUT2D eigenvalue weighted by molar-refractivity contribution is 7.92. The van der Waals surface area contributed by atoms with E-state index >= 15 is 0 Å². The van der Waals surface area contributed by atoms with E-state index in [0.717, 1.165) is 16.7 Å². The zero-order valence-corrected chi connectivity index (χ0v) is 23.4. The summed E-state index contributed by atoms with van der Waals surface area (Å²) in [6.45, 7) is 2.31. The fourth-order valence-electron chi connectivity index (χ4n) is 6.03. The maximum Gasteiger partial charge on any atom is 0.410 e. The maximum atomic E-state index is 14.3. The highest BCUT2D eigenvalue weighted by Crippen LogP contribution is 2.43. The summed E-state index contributed by atoms with van der Waals surface area (Å²) in [5.74, 6) is -0.340. The Balaban J connectivity index is 1.48. The number of hydrogen-bond donors (Lipinski definition) is 1. The van der Waals surface area contributed by atoms with Gasteiger partial charge in [0.05, 0.1) is 22.2 Å². The molecule has 2 amide bonds. The molecule has 0 radical (unpaired) electrons. The van der Waals surface area contributed by atoms with Crippen molar-refractivity contribution in [1.82, 2.24) is 14.8 Å². The van der Waals surface area contributed by atoms with Crippen molar-refractivity contribution in [1.29, 1.82) is 0 Å². The lowest BCUT2D eigenvalue weighted by Crippen LogP contribution is -2.56. The normalized spacial score (nSPS) is 21.9. The van der Waals surface area contributed by atoms with Crippen molar-refractivity contribution in [3.8, 4) is 0 Å². The molecule has 4 aromatic rings. The largest absolute Gasteiger partial charge is 0.444 e. The summed E-state index contributed by atoms with van der Waals surface area (Å²) in [7, 11) is -3.92. The van der Waals surface area contributed by atoms with Crippen molar-refractivity contribution >= 4 is 21.8 Å². The Morgan fingerprint density at radius 1 is 0.927 bits per heavy atom. The van der Waals surface area contributed by atoms with Crippen LogP contribution in [-0.2, 0) is 27.7 Å². The van der Waals surface area contributed by atoms with Crippen molar-refractivity contribution in [2.24, 2.45) is 0 Å². The van der Waals surface area contributed by atoms with Crippen LogP contribution in [0.3, 0.4) is 0 Å². The first-order valence-electron chi connectivity index (χ1n) is 13.6. The Morgan fingerprint density at radius 2 is 1.59 bits per heavy atom. The van der Waals surface area contributed by atoms with Crippen molar-refractivity contribution in [3.63, 3.8) is 0 Å². The van der Waals surface area contributed by atoms with E-state index in [1.165, 1.54) is 0 Å². The summed E-state index contributed by atoms with van der Waals surface area (Å²) in [5.41, 5.74) is 3.02. The Labute approximate surface area is 239 Å². The standard InChI is InChI=1S/C32H31N3O5S/c1-22-14-16-25(17-15-22)41(38,39)28-19-27-29(35(32(37)40-27)21-24-11-6-3-7-12-24)30(28)34(20-23-9-4-2-5-10-23)31(36)26-13-8-18-33-26/h2-18,27-30,33H,19-21H2,1H3/t27-,28+,29-,30-/m1/s1. The van der Waals surface area contributed by atoms with Gasteiger partial charge in [0.25, 0.3) is 5.91 Å². The molecule has 1 N–H and O–H groups in total. The number of aryl methyl sites for hydroxylation is 1. The number of aromatic nitrogens is 1. The summed E-state index contributed by atoms with van der Waals surface area (Å²) in [6.07, 6.45) is 0.560. The number of nitrogens with zero attached hydrogens (tertiary/aromatic N) is 2. The van der Waals surface area contributed by atoms with Crippen molar-refractivity contribution < 1.29 is 22.7 Å². The van der Waals surface area contributed by atoms with Crippen LogP contribution in [0.2, 0.25) is 0 Å². The Bertz CT molecular complexity index is 1620. The molecule has 1 aromatic heterocycles. The molecule has 0 unspecified atom stereocenters. The number of rotatable bonds is 8. The molecule has 210 valence electrons. The number of benzene rings is 3. The second kappa shape index (κ2) is 10.9. The minimum Gasteiger partial charge on any atom is -0.444 e. The Kier molecular flexibility index (Phi) is 7.13. The van der Waals surface area contributed by atoms with Gasteiger partial charge < -0.3 is 14.6 Å². The highest BCUT2D eigenvalue weighted by Gasteiger charge is 2.60. The van der Waals surface area contributed by atoms with Gasteiger partial charge in [-0.1, -0.05) is 78.4 Å². The second-order valence-corrected chi connectivity index (χ2v) is 12.8. The number of H-pyrrole nitrogens is 1. The van der Waals surface area contributed by atoms with Gasteiger partial charge in [-0.2, -0.15) is 0 Å². The molecule has 8 nitrogen and oxygen atoms in total. The summed E-state index contributed by atoms with van der Waals surface area (Å²) in [4.78, 5) is 33.7. The summed E-state index contributed by atoms with van der Waals surface area (Å²) in [6, 6.07) is 27.6. The molecule has 2 fully saturated rings. The lowest BCUT2D eigenvalue weighted by Gasteiger charge is -2.38. The predicted octanol–water partition coefficient (Wildman–Crippen LogP) is 4.97. The van der Waals surface area contributed by atoms with Gasteiger partial charge in [0, 0.05) is 25.7 Å². The minimum atomic E-state index is -3.92. The first-order valence-corrected chi connectivity index (χ1v) is 15.2. The van der Waals surface area contributed by atoms with Crippen LogP contribution in [0.1, 0.15) is 33.6 Å². The monoisotopic (exact) mass is 569 g/mol. The number of hydrogen-bond acceptors (Lipinski definition) is 5. The zero-order chi connectivity index (χ0) is 28.6. The quantitative estimate of drug-likeness (QED) is 0.323. The zero-order valence-electron chi connectivity index (χ0n) is 22.6. The highest BCUT2D eigenvalue weighted by atomic mass is 32.2. The van der Waals surface area contributed by atoms with E-state index in [4.69, 9.17) is 4.74 Å². The summed E-state index contributed by atoms with van der Waals surface area (Å²) in [5, 5.41) is -0.991. The Hall–Kier alpha value is -4.37. The second-order valence-electron chi connectivity index (χ2n) is 10.7. The number of aromatic amines is 1. The average molecular weight is 570 g/mol. The topological polar surface area (TPSA) is 99.8 Å². The van der Waals surface area contributed by atoms with Crippen LogP contribution in [0, 0.1) is 6.92 Å². The van der Waals surface area contributed by atoms with Gasteiger partial charge in [0.2, 0.25) is 0 Å². The number of carbonyl (C=O) groups is 2.